The summed E-state index contributed by atoms with van der Waals surface area (Å²) in [6.45, 7) is 4.06. The first-order valence-corrected chi connectivity index (χ1v) is 13.5. The van der Waals surface area contributed by atoms with E-state index in [0.29, 0.717) is 16.9 Å². The Morgan fingerprint density at radius 1 is 0.833 bits per heavy atom. The Morgan fingerprint density at radius 2 is 1.44 bits per heavy atom. The Morgan fingerprint density at radius 3 is 2.06 bits per heavy atom. The first-order chi connectivity index (χ1) is 17.2. The molecule has 6 nitrogen and oxygen atoms in total. The fourth-order valence-electron chi connectivity index (χ4n) is 4.04. The van der Waals surface area contributed by atoms with E-state index in [0.717, 1.165) is 28.7 Å². The molecule has 0 saturated heterocycles. The Balaban J connectivity index is 1.42. The Kier molecular flexibility index (Phi) is 7.50. The lowest BCUT2D eigenvalue weighted by molar-refractivity contribution is 0.102. The quantitative estimate of drug-likeness (QED) is 0.347. The number of hydrogen-bond donors (Lipinski definition) is 1. The lowest BCUT2D eigenvalue weighted by atomic mass is 10.1. The minimum atomic E-state index is -3.49. The van der Waals surface area contributed by atoms with Gasteiger partial charge in [-0.05, 0) is 85.0 Å². The molecule has 7 heteroatoms. The summed E-state index contributed by atoms with van der Waals surface area (Å²) < 4.78 is 26.5. The molecule has 0 saturated carbocycles. The van der Waals surface area contributed by atoms with E-state index in [1.54, 1.807) is 36.7 Å². The van der Waals surface area contributed by atoms with Crippen molar-refractivity contribution in [3.63, 3.8) is 0 Å². The number of sulfonamides is 1. The molecule has 1 N–H and O–H groups in total. The molecule has 4 rings (SSSR count). The van der Waals surface area contributed by atoms with Gasteiger partial charge in [-0.1, -0.05) is 42.0 Å². The number of aromatic nitrogens is 1. The number of hydrogen-bond acceptors (Lipinski definition) is 4. The van der Waals surface area contributed by atoms with Crippen LogP contribution in [0.5, 0.6) is 0 Å². The van der Waals surface area contributed by atoms with Crippen LogP contribution < -0.4 is 9.62 Å². The molecule has 1 heterocycles. The van der Waals surface area contributed by atoms with Gasteiger partial charge in [0.2, 0.25) is 10.0 Å². The van der Waals surface area contributed by atoms with Crippen LogP contribution in [-0.2, 0) is 23.0 Å². The summed E-state index contributed by atoms with van der Waals surface area (Å²) in [6, 6.07) is 24.4. The highest BCUT2D eigenvalue weighted by Gasteiger charge is 2.20. The molecule has 1 aromatic heterocycles. The number of carbonyl (C=O) groups excluding carboxylic acids is 1. The van der Waals surface area contributed by atoms with Gasteiger partial charge in [-0.25, -0.2) is 8.42 Å². The van der Waals surface area contributed by atoms with E-state index in [1.165, 1.54) is 16.1 Å². The number of rotatable bonds is 8. The van der Waals surface area contributed by atoms with Crippen LogP contribution in [0.1, 0.15) is 38.2 Å². The van der Waals surface area contributed by atoms with Gasteiger partial charge in [-0.3, -0.25) is 14.1 Å². The van der Waals surface area contributed by atoms with E-state index in [2.05, 4.69) is 10.3 Å². The van der Waals surface area contributed by atoms with Crippen LogP contribution >= 0.6 is 0 Å². The van der Waals surface area contributed by atoms with Gasteiger partial charge in [0, 0.05) is 23.6 Å². The lowest BCUT2D eigenvalue weighted by Crippen LogP contribution is -2.30. The van der Waals surface area contributed by atoms with Crippen molar-refractivity contribution in [3.05, 3.63) is 125 Å². The third-order valence-corrected chi connectivity index (χ3v) is 7.06. The standard InChI is InChI=1S/C29H29N3O3S/c1-21-4-13-28(22(2)18-21)32(36(3,34)35)20-25-5-9-26(10-6-25)29(33)31-27-11-7-23(8-12-27)19-24-14-16-30-17-15-24/h4-18H,19-20H2,1-3H3,(H,31,33). The molecule has 0 radical (unpaired) electrons. The van der Waals surface area contributed by atoms with Gasteiger partial charge in [0.25, 0.3) is 5.91 Å². The normalized spacial score (nSPS) is 11.2. The fourth-order valence-corrected chi connectivity index (χ4v) is 4.98. The number of nitrogens with zero attached hydrogens (tertiary/aromatic N) is 2. The maximum Gasteiger partial charge on any atom is 0.255 e. The molecule has 3 aromatic carbocycles. The van der Waals surface area contributed by atoms with Gasteiger partial charge in [0.15, 0.2) is 0 Å². The highest BCUT2D eigenvalue weighted by Crippen LogP contribution is 2.26. The predicted molar refractivity (Wildman–Crippen MR) is 145 cm³/mol. The van der Waals surface area contributed by atoms with Gasteiger partial charge in [-0.15, -0.1) is 0 Å². The molecule has 0 unspecified atom stereocenters. The van der Waals surface area contributed by atoms with E-state index in [1.807, 2.05) is 68.4 Å². The van der Waals surface area contributed by atoms with E-state index >= 15 is 0 Å². The van der Waals surface area contributed by atoms with Crippen molar-refractivity contribution in [2.75, 3.05) is 15.9 Å². The molecular formula is C29H29N3O3S. The molecule has 0 aliphatic heterocycles. The second-order valence-electron chi connectivity index (χ2n) is 8.94. The van der Waals surface area contributed by atoms with Crippen LogP contribution in [-0.4, -0.2) is 25.6 Å². The number of carbonyl (C=O) groups is 1. The zero-order valence-electron chi connectivity index (χ0n) is 20.6. The van der Waals surface area contributed by atoms with Crippen LogP contribution in [0.3, 0.4) is 0 Å². The minimum Gasteiger partial charge on any atom is -0.322 e. The van der Waals surface area contributed by atoms with Crippen molar-refractivity contribution in [2.24, 2.45) is 0 Å². The highest BCUT2D eigenvalue weighted by atomic mass is 32.2. The third kappa shape index (κ3) is 6.37. The summed E-state index contributed by atoms with van der Waals surface area (Å²) in [5.74, 6) is -0.224. The molecule has 0 aliphatic carbocycles. The van der Waals surface area contributed by atoms with Crippen LogP contribution in [0.2, 0.25) is 0 Å². The molecule has 1 amide bonds. The smallest absolute Gasteiger partial charge is 0.255 e. The highest BCUT2D eigenvalue weighted by molar-refractivity contribution is 7.92. The van der Waals surface area contributed by atoms with Crippen molar-refractivity contribution in [1.29, 1.82) is 0 Å². The van der Waals surface area contributed by atoms with Gasteiger partial charge < -0.3 is 5.32 Å². The average molecular weight is 500 g/mol. The van der Waals surface area contributed by atoms with Gasteiger partial charge >= 0.3 is 0 Å². The number of aryl methyl sites for hydroxylation is 2. The Labute approximate surface area is 212 Å². The lowest BCUT2D eigenvalue weighted by Gasteiger charge is -2.24. The molecule has 0 fully saturated rings. The van der Waals surface area contributed by atoms with E-state index < -0.39 is 10.0 Å². The van der Waals surface area contributed by atoms with Crippen molar-refractivity contribution in [3.8, 4) is 0 Å². The van der Waals surface area contributed by atoms with Crippen LogP contribution in [0, 0.1) is 13.8 Å². The summed E-state index contributed by atoms with van der Waals surface area (Å²) in [7, 11) is -3.49. The van der Waals surface area contributed by atoms with Gasteiger partial charge in [-0.2, -0.15) is 0 Å². The average Bonchev–Trinajstić information content (AvgIpc) is 2.84. The third-order valence-electron chi connectivity index (χ3n) is 5.93. The van der Waals surface area contributed by atoms with Gasteiger partial charge in [0.1, 0.15) is 0 Å². The number of amides is 1. The largest absolute Gasteiger partial charge is 0.322 e. The molecule has 36 heavy (non-hydrogen) atoms. The fraction of sp³-hybridized carbons (Fsp3) is 0.172. The molecule has 184 valence electrons. The Hall–Kier alpha value is -3.97. The maximum atomic E-state index is 12.8. The molecule has 0 aliphatic rings. The summed E-state index contributed by atoms with van der Waals surface area (Å²) in [5, 5.41) is 2.92. The first kappa shape index (κ1) is 25.1. The summed E-state index contributed by atoms with van der Waals surface area (Å²) in [4.78, 5) is 16.8. The monoisotopic (exact) mass is 499 g/mol. The van der Waals surface area contributed by atoms with Crippen LogP contribution in [0.15, 0.2) is 91.3 Å². The summed E-state index contributed by atoms with van der Waals surface area (Å²) in [5.41, 5.74) is 6.93. The van der Waals surface area contributed by atoms with Gasteiger partial charge in [0.05, 0.1) is 18.5 Å². The summed E-state index contributed by atoms with van der Waals surface area (Å²) in [6.07, 6.45) is 5.55. The zero-order chi connectivity index (χ0) is 25.7. The molecule has 0 bridgehead atoms. The second-order valence-corrected chi connectivity index (χ2v) is 10.8. The number of pyridine rings is 1. The summed E-state index contributed by atoms with van der Waals surface area (Å²) >= 11 is 0. The van der Waals surface area contributed by atoms with Crippen molar-refractivity contribution >= 4 is 27.3 Å². The van der Waals surface area contributed by atoms with E-state index in [9.17, 15) is 13.2 Å². The molecule has 4 aromatic rings. The predicted octanol–water partition coefficient (Wildman–Crippen LogP) is 5.51. The second kappa shape index (κ2) is 10.7. The number of anilines is 2. The molecule has 0 atom stereocenters. The SMILES string of the molecule is Cc1ccc(N(Cc2ccc(C(=O)Nc3ccc(Cc4ccncc4)cc3)cc2)S(C)(=O)=O)c(C)c1. The van der Waals surface area contributed by atoms with Crippen molar-refractivity contribution < 1.29 is 13.2 Å². The maximum absolute atomic E-state index is 12.8. The zero-order valence-corrected chi connectivity index (χ0v) is 21.4. The number of nitrogens with one attached hydrogen (secondary N) is 1. The van der Waals surface area contributed by atoms with E-state index in [-0.39, 0.29) is 12.5 Å². The van der Waals surface area contributed by atoms with Crippen LogP contribution in [0.4, 0.5) is 11.4 Å². The topological polar surface area (TPSA) is 79.4 Å². The Bertz CT molecular complexity index is 1450. The molecular weight excluding hydrogens is 470 g/mol. The number of benzene rings is 3. The van der Waals surface area contributed by atoms with E-state index in [4.69, 9.17) is 0 Å². The first-order valence-electron chi connectivity index (χ1n) is 11.6. The van der Waals surface area contributed by atoms with Crippen LogP contribution in [0.25, 0.3) is 0 Å². The van der Waals surface area contributed by atoms with Crippen molar-refractivity contribution in [1.82, 2.24) is 4.98 Å². The molecule has 0 spiro atoms. The minimum absolute atomic E-state index is 0.184. The van der Waals surface area contributed by atoms with Crippen molar-refractivity contribution in [2.45, 2.75) is 26.8 Å².